The number of hydrogen-bond acceptors (Lipinski definition) is 2. The van der Waals surface area contributed by atoms with Crippen molar-refractivity contribution in [3.63, 3.8) is 0 Å². The van der Waals surface area contributed by atoms with Gasteiger partial charge in [-0.1, -0.05) is 61.5 Å². The number of carbonyl (C=O) groups is 1. The lowest BCUT2D eigenvalue weighted by Crippen LogP contribution is -1.96. The summed E-state index contributed by atoms with van der Waals surface area (Å²) in [5, 5.41) is 8.86. The number of fused-ring (bicyclic) bond motifs is 1. The van der Waals surface area contributed by atoms with Crippen LogP contribution in [0.25, 0.3) is 22.7 Å². The number of nitrogens with zero attached hydrogens (tertiary/aromatic N) is 2. The molecule has 0 aliphatic heterocycles. The zero-order valence-corrected chi connectivity index (χ0v) is 16.7. The molecule has 148 valence electrons. The first-order chi connectivity index (χ1) is 14.7. The first kappa shape index (κ1) is 19.4. The molecule has 2 aromatic heterocycles. The van der Waals surface area contributed by atoms with E-state index in [0.29, 0.717) is 0 Å². The van der Waals surface area contributed by atoms with Crippen LogP contribution in [0.1, 0.15) is 35.6 Å². The quantitative estimate of drug-likeness (QED) is 0.332. The molecular weight excluding hydrogens is 372 g/mol. The third-order valence-electron chi connectivity index (χ3n) is 5.10. The second kappa shape index (κ2) is 8.62. The van der Waals surface area contributed by atoms with E-state index in [2.05, 4.69) is 60.4 Å². The Bertz CT molecular complexity index is 1230. The second-order valence-electron chi connectivity index (χ2n) is 7.01. The number of carboxylic acids is 1. The molecule has 4 nitrogen and oxygen atoms in total. The van der Waals surface area contributed by atoms with Crippen molar-refractivity contribution < 1.29 is 9.90 Å². The predicted octanol–water partition coefficient (Wildman–Crippen LogP) is 5.80. The summed E-state index contributed by atoms with van der Waals surface area (Å²) in [5.41, 5.74) is 7.72. The topological polar surface area (TPSA) is 54.6 Å². The van der Waals surface area contributed by atoms with Crippen LogP contribution < -0.4 is 0 Å². The molecule has 1 N–H and O–H groups in total. The highest BCUT2D eigenvalue weighted by Gasteiger charge is 2.13. The molecule has 0 unspecified atom stereocenters. The number of rotatable bonds is 6. The van der Waals surface area contributed by atoms with Crippen LogP contribution in [-0.4, -0.2) is 20.5 Å². The van der Waals surface area contributed by atoms with E-state index < -0.39 is 5.97 Å². The van der Waals surface area contributed by atoms with Crippen LogP contribution in [-0.2, 0) is 4.79 Å². The van der Waals surface area contributed by atoms with Gasteiger partial charge in [-0.15, -0.1) is 0 Å². The largest absolute Gasteiger partial charge is 0.478 e. The van der Waals surface area contributed by atoms with Crippen LogP contribution in [0.2, 0.25) is 0 Å². The molecule has 0 bridgehead atoms. The molecule has 4 rings (SSSR count). The predicted molar refractivity (Wildman–Crippen MR) is 121 cm³/mol. The first-order valence-corrected chi connectivity index (χ1v) is 9.88. The van der Waals surface area contributed by atoms with Crippen LogP contribution >= 0.6 is 0 Å². The fourth-order valence-corrected chi connectivity index (χ4v) is 3.68. The van der Waals surface area contributed by atoms with Gasteiger partial charge in [-0.05, 0) is 58.0 Å². The van der Waals surface area contributed by atoms with Gasteiger partial charge in [0.15, 0.2) is 0 Å². The fraction of sp³-hybridized carbons (Fsp3) is 0.0769. The molecule has 0 saturated heterocycles. The minimum absolute atomic E-state index is 0.851. The molecule has 4 aromatic rings. The highest BCUT2D eigenvalue weighted by molar-refractivity contribution is 5.99. The Kier molecular flexibility index (Phi) is 5.57. The Labute approximate surface area is 175 Å². The first-order valence-electron chi connectivity index (χ1n) is 9.88. The van der Waals surface area contributed by atoms with Crippen molar-refractivity contribution in [2.24, 2.45) is 0 Å². The molecular formula is C26H22N2O2. The lowest BCUT2D eigenvalue weighted by atomic mass is 9.88. The van der Waals surface area contributed by atoms with Gasteiger partial charge in [0.2, 0.25) is 0 Å². The standard InChI is InChI=1S/C26H22N2O2/c1-2-24(20-6-4-3-5-7-20)26(22-14-15-28-18-27-17-23(28)16-22)21-11-8-19(9-12-21)10-13-25(29)30/h3-18H,2H2,1H3,(H,29,30)/b13-10+,26-24+. The molecule has 0 amide bonds. The van der Waals surface area contributed by atoms with Crippen molar-refractivity contribution >= 4 is 28.7 Å². The molecule has 0 aliphatic rings. The zero-order valence-electron chi connectivity index (χ0n) is 16.7. The number of benzene rings is 2. The lowest BCUT2D eigenvalue weighted by molar-refractivity contribution is -0.131. The molecule has 0 aliphatic carbocycles. The van der Waals surface area contributed by atoms with Crippen LogP contribution in [0.15, 0.2) is 91.5 Å². The molecule has 4 heteroatoms. The maximum absolute atomic E-state index is 10.8. The number of aliphatic carboxylic acids is 1. The Morgan fingerprint density at radius 2 is 1.77 bits per heavy atom. The molecule has 30 heavy (non-hydrogen) atoms. The lowest BCUT2D eigenvalue weighted by Gasteiger charge is -2.17. The van der Waals surface area contributed by atoms with Crippen LogP contribution in [0, 0.1) is 0 Å². The normalized spacial score (nSPS) is 12.3. The molecule has 2 aromatic carbocycles. The minimum atomic E-state index is -0.953. The summed E-state index contributed by atoms with van der Waals surface area (Å²) in [6.45, 7) is 2.17. The monoisotopic (exact) mass is 394 g/mol. The number of carboxylic acid groups (broad SMARTS) is 1. The fourth-order valence-electron chi connectivity index (χ4n) is 3.68. The summed E-state index contributed by atoms with van der Waals surface area (Å²) in [5.74, 6) is -0.953. The number of pyridine rings is 1. The number of imidazole rings is 1. The van der Waals surface area contributed by atoms with Crippen molar-refractivity contribution in [1.82, 2.24) is 9.38 Å². The number of hydrogen-bond donors (Lipinski definition) is 1. The summed E-state index contributed by atoms with van der Waals surface area (Å²) in [6.07, 6.45) is 9.32. The van der Waals surface area contributed by atoms with Gasteiger partial charge in [0, 0.05) is 12.3 Å². The van der Waals surface area contributed by atoms with Gasteiger partial charge in [-0.25, -0.2) is 9.78 Å². The molecule has 0 spiro atoms. The molecule has 0 fully saturated rings. The molecule has 0 radical (unpaired) electrons. The third-order valence-corrected chi connectivity index (χ3v) is 5.10. The summed E-state index contributed by atoms with van der Waals surface area (Å²) >= 11 is 0. The van der Waals surface area contributed by atoms with Crippen molar-refractivity contribution in [2.45, 2.75) is 13.3 Å². The van der Waals surface area contributed by atoms with Gasteiger partial charge in [0.05, 0.1) is 18.0 Å². The SMILES string of the molecule is CC/C(=C(/c1ccc(/C=C/C(=O)O)cc1)c1ccn2cncc2c1)c1ccccc1. The number of aromatic nitrogens is 2. The van der Waals surface area contributed by atoms with Gasteiger partial charge in [-0.3, -0.25) is 0 Å². The summed E-state index contributed by atoms with van der Waals surface area (Å²) in [6, 6.07) is 22.7. The van der Waals surface area contributed by atoms with E-state index >= 15 is 0 Å². The summed E-state index contributed by atoms with van der Waals surface area (Å²) in [7, 11) is 0. The van der Waals surface area contributed by atoms with Gasteiger partial charge < -0.3 is 9.51 Å². The maximum atomic E-state index is 10.8. The molecule has 0 atom stereocenters. The highest BCUT2D eigenvalue weighted by atomic mass is 16.4. The second-order valence-corrected chi connectivity index (χ2v) is 7.01. The zero-order chi connectivity index (χ0) is 20.9. The minimum Gasteiger partial charge on any atom is -0.478 e. The van der Waals surface area contributed by atoms with Crippen molar-refractivity contribution in [3.05, 3.63) is 114 Å². The van der Waals surface area contributed by atoms with Crippen LogP contribution in [0.4, 0.5) is 0 Å². The highest BCUT2D eigenvalue weighted by Crippen LogP contribution is 2.35. The molecule has 0 saturated carbocycles. The number of allylic oxidation sites excluding steroid dienone is 1. The van der Waals surface area contributed by atoms with E-state index in [0.717, 1.165) is 34.7 Å². The van der Waals surface area contributed by atoms with Crippen molar-refractivity contribution in [2.75, 3.05) is 0 Å². The molecule has 2 heterocycles. The Hall–Kier alpha value is -3.92. The van der Waals surface area contributed by atoms with E-state index in [1.54, 1.807) is 12.4 Å². The van der Waals surface area contributed by atoms with Crippen molar-refractivity contribution in [1.29, 1.82) is 0 Å². The summed E-state index contributed by atoms with van der Waals surface area (Å²) in [4.78, 5) is 15.0. The van der Waals surface area contributed by atoms with Gasteiger partial charge in [-0.2, -0.15) is 0 Å². The van der Waals surface area contributed by atoms with E-state index in [9.17, 15) is 4.79 Å². The van der Waals surface area contributed by atoms with E-state index in [-0.39, 0.29) is 0 Å². The van der Waals surface area contributed by atoms with Gasteiger partial charge in [0.1, 0.15) is 0 Å². The maximum Gasteiger partial charge on any atom is 0.328 e. The Balaban J connectivity index is 1.89. The smallest absolute Gasteiger partial charge is 0.328 e. The Morgan fingerprint density at radius 3 is 2.47 bits per heavy atom. The summed E-state index contributed by atoms with van der Waals surface area (Å²) < 4.78 is 2.00. The van der Waals surface area contributed by atoms with Crippen LogP contribution in [0.5, 0.6) is 0 Å². The Morgan fingerprint density at radius 1 is 1.00 bits per heavy atom. The average molecular weight is 394 g/mol. The van der Waals surface area contributed by atoms with Gasteiger partial charge in [0.25, 0.3) is 0 Å². The van der Waals surface area contributed by atoms with E-state index in [4.69, 9.17) is 5.11 Å². The van der Waals surface area contributed by atoms with Crippen molar-refractivity contribution in [3.8, 4) is 0 Å². The van der Waals surface area contributed by atoms with E-state index in [1.807, 2.05) is 35.0 Å². The average Bonchev–Trinajstić information content (AvgIpc) is 3.25. The van der Waals surface area contributed by atoms with E-state index in [1.165, 1.54) is 16.7 Å². The third kappa shape index (κ3) is 4.08. The van der Waals surface area contributed by atoms with Crippen LogP contribution in [0.3, 0.4) is 0 Å². The van der Waals surface area contributed by atoms with Gasteiger partial charge >= 0.3 is 5.97 Å².